The third-order valence-electron chi connectivity index (χ3n) is 2.21. The van der Waals surface area contributed by atoms with E-state index in [1.165, 1.54) is 4.88 Å². The minimum atomic E-state index is -0.126. The summed E-state index contributed by atoms with van der Waals surface area (Å²) in [5.41, 5.74) is 0. The maximum atomic E-state index is 5.53. The van der Waals surface area contributed by atoms with E-state index in [1.54, 1.807) is 11.3 Å². The quantitative estimate of drug-likeness (QED) is 0.685. The summed E-state index contributed by atoms with van der Waals surface area (Å²) in [5.74, 6) is 0. The first-order valence-corrected chi connectivity index (χ1v) is 7.47. The average molecular weight is 322 g/mol. The highest BCUT2D eigenvalue weighted by Crippen LogP contribution is 2.20. The highest BCUT2D eigenvalue weighted by molar-refractivity contribution is 9.10. The van der Waals surface area contributed by atoms with Gasteiger partial charge in [-0.3, -0.25) is 4.90 Å². The van der Waals surface area contributed by atoms with E-state index >= 15 is 0 Å². The lowest BCUT2D eigenvalue weighted by Crippen LogP contribution is -2.32. The van der Waals surface area contributed by atoms with Crippen molar-refractivity contribution in [3.05, 3.63) is 20.8 Å². The van der Waals surface area contributed by atoms with Crippen LogP contribution in [0.15, 0.2) is 15.9 Å². The largest absolute Gasteiger partial charge is 0.352 e. The van der Waals surface area contributed by atoms with Crippen LogP contribution in [0.1, 0.15) is 18.7 Å². The van der Waals surface area contributed by atoms with Crippen molar-refractivity contribution in [1.82, 2.24) is 4.90 Å². The van der Waals surface area contributed by atoms with Gasteiger partial charge in [-0.1, -0.05) is 0 Å². The van der Waals surface area contributed by atoms with E-state index in [0.29, 0.717) is 13.2 Å². The van der Waals surface area contributed by atoms with Crippen molar-refractivity contribution in [3.8, 4) is 0 Å². The Kier molecular flexibility index (Phi) is 7.30. The highest BCUT2D eigenvalue weighted by Gasteiger charge is 2.12. The van der Waals surface area contributed by atoms with Gasteiger partial charge in [0.25, 0.3) is 0 Å². The Hall–Kier alpha value is 0.0600. The van der Waals surface area contributed by atoms with Crippen LogP contribution >= 0.6 is 27.3 Å². The molecule has 0 radical (unpaired) electrons. The number of hydrogen-bond donors (Lipinski definition) is 0. The summed E-state index contributed by atoms with van der Waals surface area (Å²) in [6.45, 7) is 7.06. The van der Waals surface area contributed by atoms with Crippen molar-refractivity contribution in [1.29, 1.82) is 0 Å². The molecule has 0 unspecified atom stereocenters. The number of nitrogens with zero attached hydrogens (tertiary/aromatic N) is 1. The molecule has 1 aromatic rings. The summed E-state index contributed by atoms with van der Waals surface area (Å²) in [6, 6.07) is 2.15. The maximum absolute atomic E-state index is 5.53. The summed E-state index contributed by atoms with van der Waals surface area (Å²) in [5, 5.41) is 2.10. The number of hydrogen-bond acceptors (Lipinski definition) is 4. The second-order valence-electron chi connectivity index (χ2n) is 3.77. The molecule has 0 aromatic carbocycles. The lowest BCUT2D eigenvalue weighted by Gasteiger charge is -2.23. The van der Waals surface area contributed by atoms with Crippen molar-refractivity contribution in [2.24, 2.45) is 0 Å². The standard InChI is InChI=1S/C12H20BrNO2S/c1-4-15-12(16-5-2)8-14(3)7-11-6-10(13)9-17-11/h6,9,12H,4-5,7-8H2,1-3H3. The molecular weight excluding hydrogens is 302 g/mol. The fourth-order valence-electron chi connectivity index (χ4n) is 1.55. The molecule has 0 aliphatic carbocycles. The van der Waals surface area contributed by atoms with Gasteiger partial charge in [-0.2, -0.15) is 0 Å². The molecule has 1 rings (SSSR count). The molecule has 0 fully saturated rings. The molecule has 0 atom stereocenters. The van der Waals surface area contributed by atoms with Crippen LogP contribution in [0.5, 0.6) is 0 Å². The zero-order valence-corrected chi connectivity index (χ0v) is 13.0. The minimum Gasteiger partial charge on any atom is -0.352 e. The van der Waals surface area contributed by atoms with Crippen molar-refractivity contribution in [2.75, 3.05) is 26.8 Å². The number of likely N-dealkylation sites (N-methyl/N-ethyl adjacent to an activating group) is 1. The summed E-state index contributed by atoms with van der Waals surface area (Å²) in [6.07, 6.45) is -0.126. The predicted molar refractivity (Wildman–Crippen MR) is 75.4 cm³/mol. The number of thiophene rings is 1. The van der Waals surface area contributed by atoms with Crippen molar-refractivity contribution in [3.63, 3.8) is 0 Å². The van der Waals surface area contributed by atoms with E-state index in [0.717, 1.165) is 17.6 Å². The highest BCUT2D eigenvalue weighted by atomic mass is 79.9. The van der Waals surface area contributed by atoms with Gasteiger partial charge in [0.2, 0.25) is 0 Å². The summed E-state index contributed by atoms with van der Waals surface area (Å²) >= 11 is 5.23. The Labute approximate surface area is 116 Å². The summed E-state index contributed by atoms with van der Waals surface area (Å²) in [7, 11) is 2.08. The zero-order valence-electron chi connectivity index (χ0n) is 10.6. The molecule has 3 nitrogen and oxygen atoms in total. The fourth-order valence-corrected chi connectivity index (χ4v) is 3.08. The lowest BCUT2D eigenvalue weighted by atomic mass is 10.4. The van der Waals surface area contributed by atoms with Crippen LogP contribution < -0.4 is 0 Å². The molecule has 1 aromatic heterocycles. The minimum absolute atomic E-state index is 0.126. The number of halogens is 1. The van der Waals surface area contributed by atoms with Crippen LogP contribution in [-0.4, -0.2) is 38.0 Å². The molecule has 0 aliphatic heterocycles. The molecule has 17 heavy (non-hydrogen) atoms. The lowest BCUT2D eigenvalue weighted by molar-refractivity contribution is -0.145. The Morgan fingerprint density at radius 2 is 2.00 bits per heavy atom. The van der Waals surface area contributed by atoms with Crippen molar-refractivity contribution < 1.29 is 9.47 Å². The first-order chi connectivity index (χ1) is 8.15. The Bertz CT molecular complexity index is 313. The molecule has 0 saturated heterocycles. The SMILES string of the molecule is CCOC(CN(C)Cc1cc(Br)cs1)OCC. The maximum Gasteiger partial charge on any atom is 0.170 e. The molecule has 1 heterocycles. The van der Waals surface area contributed by atoms with Gasteiger partial charge in [-0.05, 0) is 42.9 Å². The molecule has 0 bridgehead atoms. The Balaban J connectivity index is 2.38. The monoisotopic (exact) mass is 321 g/mol. The van der Waals surface area contributed by atoms with Crippen molar-refractivity contribution in [2.45, 2.75) is 26.7 Å². The van der Waals surface area contributed by atoms with E-state index in [1.807, 2.05) is 13.8 Å². The van der Waals surface area contributed by atoms with Crippen LogP contribution in [0.25, 0.3) is 0 Å². The topological polar surface area (TPSA) is 21.7 Å². The smallest absolute Gasteiger partial charge is 0.170 e. The predicted octanol–water partition coefficient (Wildman–Crippen LogP) is 3.34. The van der Waals surface area contributed by atoms with Gasteiger partial charge in [0.15, 0.2) is 6.29 Å². The van der Waals surface area contributed by atoms with Gasteiger partial charge in [0, 0.05) is 41.0 Å². The normalized spacial score (nSPS) is 11.6. The molecule has 0 aliphatic rings. The first-order valence-electron chi connectivity index (χ1n) is 5.80. The van der Waals surface area contributed by atoms with Crippen LogP contribution in [0.3, 0.4) is 0 Å². The number of rotatable bonds is 8. The molecule has 0 spiro atoms. The molecule has 5 heteroatoms. The molecule has 0 N–H and O–H groups in total. The first kappa shape index (κ1) is 15.1. The van der Waals surface area contributed by atoms with E-state index in [4.69, 9.17) is 9.47 Å². The third kappa shape index (κ3) is 5.97. The average Bonchev–Trinajstić information content (AvgIpc) is 2.64. The van der Waals surface area contributed by atoms with Gasteiger partial charge in [-0.15, -0.1) is 11.3 Å². The van der Waals surface area contributed by atoms with E-state index in [2.05, 4.69) is 39.3 Å². The Morgan fingerprint density at radius 1 is 1.35 bits per heavy atom. The van der Waals surface area contributed by atoms with Crippen LogP contribution in [0.2, 0.25) is 0 Å². The second kappa shape index (κ2) is 8.21. The van der Waals surface area contributed by atoms with E-state index in [9.17, 15) is 0 Å². The van der Waals surface area contributed by atoms with Crippen LogP contribution in [0, 0.1) is 0 Å². The zero-order chi connectivity index (χ0) is 12.7. The summed E-state index contributed by atoms with van der Waals surface area (Å²) in [4.78, 5) is 3.56. The second-order valence-corrected chi connectivity index (χ2v) is 5.68. The third-order valence-corrected chi connectivity index (χ3v) is 3.90. The molecule has 98 valence electrons. The number of ether oxygens (including phenoxy) is 2. The van der Waals surface area contributed by atoms with Gasteiger partial charge in [-0.25, -0.2) is 0 Å². The van der Waals surface area contributed by atoms with Gasteiger partial charge >= 0.3 is 0 Å². The van der Waals surface area contributed by atoms with Crippen LogP contribution in [-0.2, 0) is 16.0 Å². The van der Waals surface area contributed by atoms with Crippen LogP contribution in [0.4, 0.5) is 0 Å². The molecule has 0 amide bonds. The van der Waals surface area contributed by atoms with Gasteiger partial charge < -0.3 is 9.47 Å². The van der Waals surface area contributed by atoms with Gasteiger partial charge in [0.1, 0.15) is 0 Å². The molecule has 0 saturated carbocycles. The summed E-state index contributed by atoms with van der Waals surface area (Å²) < 4.78 is 12.2. The van der Waals surface area contributed by atoms with Crippen molar-refractivity contribution >= 4 is 27.3 Å². The fraction of sp³-hybridized carbons (Fsp3) is 0.667. The molecular formula is C12H20BrNO2S. The Morgan fingerprint density at radius 3 is 2.47 bits per heavy atom. The van der Waals surface area contributed by atoms with E-state index in [-0.39, 0.29) is 6.29 Å². The van der Waals surface area contributed by atoms with Gasteiger partial charge in [0.05, 0.1) is 0 Å². The van der Waals surface area contributed by atoms with E-state index < -0.39 is 0 Å².